The van der Waals surface area contributed by atoms with Crippen LogP contribution in [0, 0.1) is 0 Å². The first kappa shape index (κ1) is 21.7. The van der Waals surface area contributed by atoms with Crippen molar-refractivity contribution in [2.75, 3.05) is 5.75 Å². The van der Waals surface area contributed by atoms with Crippen molar-refractivity contribution >= 4 is 46.5 Å². The number of nitrogens with zero attached hydrogens (tertiary/aromatic N) is 2. The fourth-order valence-electron chi connectivity index (χ4n) is 3.14. The van der Waals surface area contributed by atoms with Crippen molar-refractivity contribution in [3.05, 3.63) is 82.9 Å². The highest BCUT2D eigenvalue weighted by Crippen LogP contribution is 2.24. The van der Waals surface area contributed by atoms with Gasteiger partial charge in [-0.3, -0.25) is 4.79 Å². The summed E-state index contributed by atoms with van der Waals surface area (Å²) < 4.78 is 2.09. The smallest absolute Gasteiger partial charge is 0.317 e. The number of aromatic nitrogens is 2. The SMILES string of the molecule is O=C(CSc1[nH]c2ccccc2[n+]1Cc1ccccc1Cl)NN=Cc1ccc(O)c(O)c1. The molecule has 0 aliphatic carbocycles. The molecule has 9 heteroatoms. The van der Waals surface area contributed by atoms with Gasteiger partial charge in [0.15, 0.2) is 22.5 Å². The van der Waals surface area contributed by atoms with Gasteiger partial charge in [0, 0.05) is 10.6 Å². The number of aromatic amines is 1. The Labute approximate surface area is 193 Å². The van der Waals surface area contributed by atoms with E-state index in [2.05, 4.69) is 20.1 Å². The summed E-state index contributed by atoms with van der Waals surface area (Å²) in [5.41, 5.74) is 5.97. The van der Waals surface area contributed by atoms with E-state index < -0.39 is 0 Å². The maximum Gasteiger partial charge on any atom is 0.317 e. The Hall–Kier alpha value is -3.49. The molecule has 32 heavy (non-hydrogen) atoms. The highest BCUT2D eigenvalue weighted by molar-refractivity contribution is 7.99. The van der Waals surface area contributed by atoms with Gasteiger partial charge in [-0.1, -0.05) is 41.9 Å². The van der Waals surface area contributed by atoms with Gasteiger partial charge in [0.05, 0.1) is 12.0 Å². The summed E-state index contributed by atoms with van der Waals surface area (Å²) in [6.07, 6.45) is 1.39. The number of benzene rings is 3. The molecule has 1 heterocycles. The molecule has 0 unspecified atom stereocenters. The molecule has 162 valence electrons. The highest BCUT2D eigenvalue weighted by Gasteiger charge is 2.21. The molecule has 4 N–H and O–H groups in total. The van der Waals surface area contributed by atoms with Gasteiger partial charge in [0.1, 0.15) is 6.54 Å². The number of hydrazone groups is 1. The van der Waals surface area contributed by atoms with Crippen molar-refractivity contribution in [3.8, 4) is 11.5 Å². The Kier molecular flexibility index (Phi) is 6.63. The topological polar surface area (TPSA) is 102 Å². The lowest BCUT2D eigenvalue weighted by atomic mass is 10.2. The monoisotopic (exact) mass is 467 g/mol. The summed E-state index contributed by atoms with van der Waals surface area (Å²) in [6.45, 7) is 0.566. The second-order valence-corrected chi connectivity index (χ2v) is 8.33. The number of aromatic hydroxyl groups is 2. The summed E-state index contributed by atoms with van der Waals surface area (Å²) in [5, 5.41) is 24.3. The summed E-state index contributed by atoms with van der Waals surface area (Å²) >= 11 is 7.72. The van der Waals surface area contributed by atoms with Gasteiger partial charge in [-0.2, -0.15) is 5.10 Å². The molecular formula is C23H20ClN4O3S+. The number of halogens is 1. The summed E-state index contributed by atoms with van der Waals surface area (Å²) in [5.74, 6) is -0.603. The molecular weight excluding hydrogens is 448 g/mol. The van der Waals surface area contributed by atoms with E-state index in [9.17, 15) is 15.0 Å². The van der Waals surface area contributed by atoms with E-state index in [1.807, 2.05) is 48.5 Å². The van der Waals surface area contributed by atoms with Crippen LogP contribution < -0.4 is 9.99 Å². The molecule has 0 aliphatic heterocycles. The zero-order valence-electron chi connectivity index (χ0n) is 16.8. The maximum absolute atomic E-state index is 12.3. The average molecular weight is 468 g/mol. The third-order valence-corrected chi connectivity index (χ3v) is 6.08. The fourth-order valence-corrected chi connectivity index (χ4v) is 4.17. The number of rotatable bonds is 7. The third kappa shape index (κ3) is 5.04. The van der Waals surface area contributed by atoms with Crippen LogP contribution in [0.15, 0.2) is 77.0 Å². The summed E-state index contributed by atoms with van der Waals surface area (Å²) in [4.78, 5) is 15.7. The normalized spacial score (nSPS) is 11.3. The van der Waals surface area contributed by atoms with E-state index in [4.69, 9.17) is 11.6 Å². The number of phenols is 2. The number of para-hydroxylation sites is 2. The van der Waals surface area contributed by atoms with Gasteiger partial charge in [0.2, 0.25) is 0 Å². The molecule has 0 aliphatic rings. The van der Waals surface area contributed by atoms with Gasteiger partial charge >= 0.3 is 5.16 Å². The van der Waals surface area contributed by atoms with E-state index in [-0.39, 0.29) is 23.2 Å². The van der Waals surface area contributed by atoms with Crippen molar-refractivity contribution < 1.29 is 19.6 Å². The Bertz CT molecular complexity index is 1310. The standard InChI is InChI=1S/C23H19ClN4O3S/c24-17-6-2-1-5-16(17)13-28-19-8-4-3-7-18(19)26-23(28)32-14-22(31)27-25-12-15-9-10-20(29)21(30)11-15/h1-12H,13-14H2,(H3,25,27,29,30,31)/p+1. The predicted octanol–water partition coefficient (Wildman–Crippen LogP) is 3.81. The Morgan fingerprint density at radius 1 is 1.09 bits per heavy atom. The van der Waals surface area contributed by atoms with Gasteiger partial charge in [0.25, 0.3) is 5.91 Å². The van der Waals surface area contributed by atoms with Crippen molar-refractivity contribution in [2.24, 2.45) is 5.10 Å². The number of carbonyl (C=O) groups excluding carboxylic acids is 1. The molecule has 7 nitrogen and oxygen atoms in total. The van der Waals surface area contributed by atoms with Gasteiger partial charge < -0.3 is 10.2 Å². The van der Waals surface area contributed by atoms with Crippen LogP contribution in [0.25, 0.3) is 11.0 Å². The molecule has 0 radical (unpaired) electrons. The number of carbonyl (C=O) groups is 1. The molecule has 0 atom stereocenters. The average Bonchev–Trinajstić information content (AvgIpc) is 3.14. The first-order valence-corrected chi connectivity index (χ1v) is 11.1. The van der Waals surface area contributed by atoms with Crippen LogP contribution >= 0.6 is 23.4 Å². The predicted molar refractivity (Wildman–Crippen MR) is 125 cm³/mol. The molecule has 4 aromatic rings. The minimum Gasteiger partial charge on any atom is -0.504 e. The molecule has 0 fully saturated rings. The van der Waals surface area contributed by atoms with E-state index in [1.165, 1.54) is 30.1 Å². The molecule has 1 aromatic heterocycles. The minimum absolute atomic E-state index is 0.146. The number of nitrogens with one attached hydrogen (secondary N) is 2. The first-order valence-electron chi connectivity index (χ1n) is 9.72. The lowest BCUT2D eigenvalue weighted by Gasteiger charge is -2.04. The highest BCUT2D eigenvalue weighted by atomic mass is 35.5. The number of amides is 1. The molecule has 3 aromatic carbocycles. The molecule has 0 spiro atoms. The van der Waals surface area contributed by atoms with Crippen LogP contribution in [0.3, 0.4) is 0 Å². The molecule has 0 saturated heterocycles. The Balaban J connectivity index is 1.45. The van der Waals surface area contributed by atoms with E-state index in [0.29, 0.717) is 17.1 Å². The summed E-state index contributed by atoms with van der Waals surface area (Å²) in [6, 6.07) is 19.9. The largest absolute Gasteiger partial charge is 0.504 e. The summed E-state index contributed by atoms with van der Waals surface area (Å²) in [7, 11) is 0. The first-order chi connectivity index (χ1) is 15.5. The number of hydrogen-bond donors (Lipinski definition) is 4. The van der Waals surface area contributed by atoms with Crippen molar-refractivity contribution in [2.45, 2.75) is 11.7 Å². The molecule has 1 amide bonds. The van der Waals surface area contributed by atoms with Crippen LogP contribution in [0.4, 0.5) is 0 Å². The number of imidazole rings is 1. The van der Waals surface area contributed by atoms with Crippen molar-refractivity contribution in [1.82, 2.24) is 10.4 Å². The molecule has 0 bridgehead atoms. The van der Waals surface area contributed by atoms with Crippen LogP contribution in [0.1, 0.15) is 11.1 Å². The second kappa shape index (κ2) is 9.76. The molecule has 4 rings (SSSR count). The minimum atomic E-state index is -0.280. The van der Waals surface area contributed by atoms with Crippen LogP contribution in [-0.2, 0) is 11.3 Å². The quantitative estimate of drug-likeness (QED) is 0.109. The lowest BCUT2D eigenvalue weighted by Crippen LogP contribution is -2.36. The second-order valence-electron chi connectivity index (χ2n) is 6.95. The lowest BCUT2D eigenvalue weighted by molar-refractivity contribution is -0.700. The zero-order valence-corrected chi connectivity index (χ0v) is 18.4. The van der Waals surface area contributed by atoms with E-state index >= 15 is 0 Å². The number of phenolic OH excluding ortho intramolecular Hbond substituents is 2. The Morgan fingerprint density at radius 2 is 1.88 bits per heavy atom. The number of hydrogen-bond acceptors (Lipinski definition) is 5. The van der Waals surface area contributed by atoms with Gasteiger partial charge in [-0.15, -0.1) is 0 Å². The van der Waals surface area contributed by atoms with Crippen LogP contribution in [0.5, 0.6) is 11.5 Å². The third-order valence-electron chi connectivity index (χ3n) is 4.71. The van der Waals surface area contributed by atoms with Crippen molar-refractivity contribution in [1.29, 1.82) is 0 Å². The Morgan fingerprint density at radius 3 is 2.69 bits per heavy atom. The zero-order chi connectivity index (χ0) is 22.5. The van der Waals surface area contributed by atoms with E-state index in [0.717, 1.165) is 21.8 Å². The van der Waals surface area contributed by atoms with Crippen LogP contribution in [-0.4, -0.2) is 33.1 Å². The number of H-pyrrole nitrogens is 1. The van der Waals surface area contributed by atoms with Gasteiger partial charge in [-0.25, -0.2) is 15.0 Å². The fraction of sp³-hybridized carbons (Fsp3) is 0.0870. The van der Waals surface area contributed by atoms with Crippen molar-refractivity contribution in [3.63, 3.8) is 0 Å². The molecule has 0 saturated carbocycles. The van der Waals surface area contributed by atoms with E-state index in [1.54, 1.807) is 6.07 Å². The maximum atomic E-state index is 12.3. The number of thioether (sulfide) groups is 1. The number of fused-ring (bicyclic) bond motifs is 1. The van der Waals surface area contributed by atoms with Crippen LogP contribution in [0.2, 0.25) is 5.02 Å². The van der Waals surface area contributed by atoms with Gasteiger partial charge in [-0.05, 0) is 53.7 Å².